The molecule has 2 rings (SSSR count). The number of rotatable bonds is 4. The lowest BCUT2D eigenvalue weighted by Crippen LogP contribution is -2.16. The summed E-state index contributed by atoms with van der Waals surface area (Å²) >= 11 is 0. The molecule has 0 amide bonds. The van der Waals surface area contributed by atoms with Crippen molar-refractivity contribution < 1.29 is 5.21 Å². The smallest absolute Gasteiger partial charge is 0.0703 e. The van der Waals surface area contributed by atoms with Crippen molar-refractivity contribution >= 4 is 11.8 Å². The van der Waals surface area contributed by atoms with Crippen molar-refractivity contribution in [1.82, 2.24) is 0 Å². The third-order valence-corrected chi connectivity index (χ3v) is 2.60. The van der Waals surface area contributed by atoms with Gasteiger partial charge in [-0.05, 0) is 23.3 Å². The van der Waals surface area contributed by atoms with Crippen LogP contribution in [0, 0.1) is 0 Å². The molecule has 1 N–H and O–H groups in total. The van der Waals surface area contributed by atoms with Crippen molar-refractivity contribution in [1.29, 1.82) is 0 Å². The molecular formula is C15H15NO. The van der Waals surface area contributed by atoms with E-state index in [1.807, 2.05) is 54.6 Å². The van der Waals surface area contributed by atoms with E-state index in [1.165, 1.54) is 5.06 Å². The topological polar surface area (TPSA) is 23.5 Å². The third-order valence-electron chi connectivity index (χ3n) is 2.60. The molecule has 2 nitrogen and oxygen atoms in total. The summed E-state index contributed by atoms with van der Waals surface area (Å²) in [4.78, 5) is 0. The molecule has 0 aliphatic rings. The summed E-state index contributed by atoms with van der Waals surface area (Å²) < 4.78 is 0. The van der Waals surface area contributed by atoms with Crippen LogP contribution in [0.4, 0.5) is 5.69 Å². The summed E-state index contributed by atoms with van der Waals surface area (Å²) in [5, 5.41) is 11.2. The van der Waals surface area contributed by atoms with Gasteiger partial charge in [0.25, 0.3) is 0 Å². The zero-order chi connectivity index (χ0) is 12.1. The fraction of sp³-hybridized carbons (Fsp3) is 0.0667. The van der Waals surface area contributed by atoms with Crippen molar-refractivity contribution in [2.75, 3.05) is 5.06 Å². The fourth-order valence-electron chi connectivity index (χ4n) is 1.63. The minimum atomic E-state index is 0.480. The van der Waals surface area contributed by atoms with E-state index >= 15 is 0 Å². The van der Waals surface area contributed by atoms with Gasteiger partial charge in [0, 0.05) is 0 Å². The molecule has 0 fully saturated rings. The zero-order valence-electron chi connectivity index (χ0n) is 9.58. The normalized spacial score (nSPS) is 9.94. The maximum Gasteiger partial charge on any atom is 0.0703 e. The Kier molecular flexibility index (Phi) is 3.58. The SMILES string of the molecule is C=Cc1ccc(N(O)Cc2ccccc2)cc1. The molecule has 0 atom stereocenters. The Morgan fingerprint density at radius 1 is 1.00 bits per heavy atom. The first-order chi connectivity index (χ1) is 8.29. The van der Waals surface area contributed by atoms with Crippen LogP contribution in [-0.4, -0.2) is 5.21 Å². The highest BCUT2D eigenvalue weighted by molar-refractivity contribution is 5.53. The molecular weight excluding hydrogens is 210 g/mol. The maximum absolute atomic E-state index is 9.95. The van der Waals surface area contributed by atoms with Gasteiger partial charge >= 0.3 is 0 Å². The molecule has 0 aromatic heterocycles. The molecule has 17 heavy (non-hydrogen) atoms. The lowest BCUT2D eigenvalue weighted by molar-refractivity contribution is 0.250. The van der Waals surface area contributed by atoms with Gasteiger partial charge in [-0.15, -0.1) is 0 Å². The van der Waals surface area contributed by atoms with Gasteiger partial charge in [-0.3, -0.25) is 10.3 Å². The molecule has 0 spiro atoms. The fourth-order valence-corrected chi connectivity index (χ4v) is 1.63. The quantitative estimate of drug-likeness (QED) is 0.801. The summed E-state index contributed by atoms with van der Waals surface area (Å²) in [6, 6.07) is 17.5. The second-order valence-corrected chi connectivity index (χ2v) is 3.84. The summed E-state index contributed by atoms with van der Waals surface area (Å²) in [6.45, 7) is 4.18. The molecule has 2 aromatic rings. The van der Waals surface area contributed by atoms with E-state index < -0.39 is 0 Å². The van der Waals surface area contributed by atoms with Crippen LogP contribution in [0.1, 0.15) is 11.1 Å². The highest BCUT2D eigenvalue weighted by Crippen LogP contribution is 2.16. The number of hydroxylamine groups is 1. The van der Waals surface area contributed by atoms with Gasteiger partial charge in [-0.25, -0.2) is 0 Å². The average Bonchev–Trinajstić information content (AvgIpc) is 2.40. The molecule has 0 bridgehead atoms. The van der Waals surface area contributed by atoms with Crippen LogP contribution in [0.3, 0.4) is 0 Å². The zero-order valence-corrected chi connectivity index (χ0v) is 9.58. The molecule has 0 unspecified atom stereocenters. The van der Waals surface area contributed by atoms with E-state index in [1.54, 1.807) is 6.08 Å². The van der Waals surface area contributed by atoms with Gasteiger partial charge in [0.1, 0.15) is 0 Å². The van der Waals surface area contributed by atoms with Crippen molar-refractivity contribution in [2.45, 2.75) is 6.54 Å². The number of hydrogen-bond donors (Lipinski definition) is 1. The van der Waals surface area contributed by atoms with Crippen LogP contribution >= 0.6 is 0 Å². The van der Waals surface area contributed by atoms with Crippen LogP contribution in [-0.2, 0) is 6.54 Å². The van der Waals surface area contributed by atoms with Gasteiger partial charge < -0.3 is 0 Å². The maximum atomic E-state index is 9.95. The monoisotopic (exact) mass is 225 g/mol. The summed E-state index contributed by atoms with van der Waals surface area (Å²) in [7, 11) is 0. The van der Waals surface area contributed by atoms with E-state index in [0.29, 0.717) is 6.54 Å². The molecule has 0 heterocycles. The van der Waals surface area contributed by atoms with E-state index in [-0.39, 0.29) is 0 Å². The molecule has 2 aromatic carbocycles. The Morgan fingerprint density at radius 3 is 2.24 bits per heavy atom. The predicted molar refractivity (Wildman–Crippen MR) is 70.9 cm³/mol. The standard InChI is InChI=1S/C15H15NO/c1-2-13-8-10-15(11-9-13)16(17)12-14-6-4-3-5-7-14/h2-11,17H,1,12H2. The first-order valence-electron chi connectivity index (χ1n) is 5.52. The van der Waals surface area contributed by atoms with E-state index in [2.05, 4.69) is 6.58 Å². The summed E-state index contributed by atoms with van der Waals surface area (Å²) in [5.74, 6) is 0. The summed E-state index contributed by atoms with van der Waals surface area (Å²) in [5.41, 5.74) is 2.89. The first-order valence-corrected chi connectivity index (χ1v) is 5.52. The minimum Gasteiger partial charge on any atom is -0.288 e. The molecule has 2 heteroatoms. The van der Waals surface area contributed by atoms with Gasteiger partial charge in [-0.1, -0.05) is 55.1 Å². The van der Waals surface area contributed by atoms with Crippen LogP contribution < -0.4 is 5.06 Å². The highest BCUT2D eigenvalue weighted by Gasteiger charge is 2.03. The first kappa shape index (κ1) is 11.4. The summed E-state index contributed by atoms with van der Waals surface area (Å²) in [6.07, 6.45) is 1.78. The minimum absolute atomic E-state index is 0.480. The number of hydrogen-bond acceptors (Lipinski definition) is 2. The van der Waals surface area contributed by atoms with Crippen molar-refractivity contribution in [2.24, 2.45) is 0 Å². The molecule has 86 valence electrons. The van der Waals surface area contributed by atoms with E-state index in [9.17, 15) is 5.21 Å². The van der Waals surface area contributed by atoms with Crippen LogP contribution in [0.15, 0.2) is 61.2 Å². The number of nitrogens with zero attached hydrogens (tertiary/aromatic N) is 1. The number of anilines is 1. The highest BCUT2D eigenvalue weighted by atomic mass is 16.5. The average molecular weight is 225 g/mol. The second kappa shape index (κ2) is 5.32. The second-order valence-electron chi connectivity index (χ2n) is 3.84. The molecule has 0 saturated carbocycles. The third kappa shape index (κ3) is 2.95. The largest absolute Gasteiger partial charge is 0.288 e. The lowest BCUT2D eigenvalue weighted by Gasteiger charge is -2.17. The Balaban J connectivity index is 2.09. The predicted octanol–water partition coefficient (Wildman–Crippen LogP) is 3.73. The van der Waals surface area contributed by atoms with Crippen LogP contribution in [0.5, 0.6) is 0 Å². The van der Waals surface area contributed by atoms with Crippen LogP contribution in [0.2, 0.25) is 0 Å². The van der Waals surface area contributed by atoms with Gasteiger partial charge in [0.05, 0.1) is 12.2 Å². The van der Waals surface area contributed by atoms with Crippen molar-refractivity contribution in [3.63, 3.8) is 0 Å². The van der Waals surface area contributed by atoms with Gasteiger partial charge in [0.15, 0.2) is 0 Å². The Hall–Kier alpha value is -2.06. The van der Waals surface area contributed by atoms with Crippen LogP contribution in [0.25, 0.3) is 6.08 Å². The van der Waals surface area contributed by atoms with E-state index in [4.69, 9.17) is 0 Å². The number of benzene rings is 2. The van der Waals surface area contributed by atoms with Gasteiger partial charge in [0.2, 0.25) is 0 Å². The molecule has 0 saturated heterocycles. The van der Waals surface area contributed by atoms with Crippen molar-refractivity contribution in [3.8, 4) is 0 Å². The molecule has 0 aliphatic carbocycles. The molecule has 0 aliphatic heterocycles. The van der Waals surface area contributed by atoms with Gasteiger partial charge in [-0.2, -0.15) is 0 Å². The lowest BCUT2D eigenvalue weighted by atomic mass is 10.2. The van der Waals surface area contributed by atoms with Crippen molar-refractivity contribution in [3.05, 3.63) is 72.3 Å². The Bertz CT molecular complexity index is 476. The molecule has 0 radical (unpaired) electrons. The Morgan fingerprint density at radius 2 is 1.65 bits per heavy atom. The Labute approximate surface area is 101 Å². The van der Waals surface area contributed by atoms with E-state index in [0.717, 1.165) is 16.8 Å².